The molecule has 22 heavy (non-hydrogen) atoms. The van der Waals surface area contributed by atoms with Crippen LogP contribution in [-0.4, -0.2) is 22.1 Å². The van der Waals surface area contributed by atoms with E-state index in [4.69, 9.17) is 5.11 Å². The zero-order chi connectivity index (χ0) is 15.9. The summed E-state index contributed by atoms with van der Waals surface area (Å²) in [7, 11) is 0. The van der Waals surface area contributed by atoms with Crippen molar-refractivity contribution in [2.24, 2.45) is 0 Å². The third kappa shape index (κ3) is 4.27. The second-order valence-electron chi connectivity index (χ2n) is 4.51. The summed E-state index contributed by atoms with van der Waals surface area (Å²) in [5.41, 5.74) is 1.14. The van der Waals surface area contributed by atoms with Crippen LogP contribution in [0, 0.1) is 5.82 Å². The number of rotatable bonds is 5. The van der Waals surface area contributed by atoms with Gasteiger partial charge in [-0.2, -0.15) is 0 Å². The lowest BCUT2D eigenvalue weighted by Crippen LogP contribution is -2.39. The number of halogens is 1. The maximum absolute atomic E-state index is 12.9. The molecule has 0 saturated carbocycles. The Morgan fingerprint density at radius 3 is 2.55 bits per heavy atom. The number of pyridine rings is 1. The zero-order valence-corrected chi connectivity index (χ0v) is 11.5. The maximum Gasteiger partial charge on any atom is 0.405 e. The molecule has 1 aromatic heterocycles. The molecule has 0 fully saturated rings. The Balaban J connectivity index is 2.09. The van der Waals surface area contributed by atoms with Gasteiger partial charge in [-0.25, -0.2) is 9.18 Å². The molecule has 0 saturated heterocycles. The summed E-state index contributed by atoms with van der Waals surface area (Å²) in [6.07, 6.45) is 1.86. The van der Waals surface area contributed by atoms with Crippen molar-refractivity contribution in [3.05, 3.63) is 65.7 Å². The first kappa shape index (κ1) is 15.4. The van der Waals surface area contributed by atoms with Crippen LogP contribution in [0.1, 0.15) is 17.2 Å². The minimum atomic E-state index is -1.34. The molecule has 0 radical (unpaired) electrons. The molecule has 7 heteroatoms. The van der Waals surface area contributed by atoms with E-state index >= 15 is 0 Å². The van der Waals surface area contributed by atoms with Crippen molar-refractivity contribution in [2.75, 3.05) is 0 Å². The van der Waals surface area contributed by atoms with Crippen LogP contribution in [0.5, 0.6) is 0 Å². The molecule has 1 heterocycles. The Morgan fingerprint density at radius 1 is 1.23 bits per heavy atom. The van der Waals surface area contributed by atoms with Gasteiger partial charge in [0.25, 0.3) is 0 Å². The van der Waals surface area contributed by atoms with Gasteiger partial charge in [0.05, 0.1) is 0 Å². The van der Waals surface area contributed by atoms with Crippen LogP contribution in [0.4, 0.5) is 9.18 Å². The Labute approximate surface area is 126 Å². The molecule has 0 aliphatic carbocycles. The van der Waals surface area contributed by atoms with Gasteiger partial charge >= 0.3 is 6.09 Å². The van der Waals surface area contributed by atoms with Crippen LogP contribution in [0.15, 0.2) is 48.8 Å². The summed E-state index contributed by atoms with van der Waals surface area (Å²) in [6, 6.07) is 7.45. The van der Waals surface area contributed by atoms with Gasteiger partial charge in [-0.3, -0.25) is 9.78 Å². The van der Waals surface area contributed by atoms with E-state index in [2.05, 4.69) is 15.6 Å². The van der Waals surface area contributed by atoms with Crippen LogP contribution in [0.3, 0.4) is 0 Å². The van der Waals surface area contributed by atoms with Crippen molar-refractivity contribution in [1.82, 2.24) is 15.6 Å². The highest BCUT2D eigenvalue weighted by Crippen LogP contribution is 2.14. The summed E-state index contributed by atoms with van der Waals surface area (Å²) in [6.45, 7) is 0.214. The summed E-state index contributed by atoms with van der Waals surface area (Å²) >= 11 is 0. The molecule has 0 unspecified atom stereocenters. The molecule has 0 aliphatic heterocycles. The van der Waals surface area contributed by atoms with Crippen LogP contribution in [-0.2, 0) is 11.3 Å². The first-order valence-corrected chi connectivity index (χ1v) is 6.48. The van der Waals surface area contributed by atoms with Gasteiger partial charge in [-0.15, -0.1) is 0 Å². The largest absolute Gasteiger partial charge is 0.465 e. The number of aromatic nitrogens is 1. The fourth-order valence-corrected chi connectivity index (χ4v) is 1.87. The molecule has 2 amide bonds. The molecule has 3 N–H and O–H groups in total. The normalized spacial score (nSPS) is 11.5. The lowest BCUT2D eigenvalue weighted by Gasteiger charge is -2.17. The van der Waals surface area contributed by atoms with E-state index in [0.717, 1.165) is 5.56 Å². The number of hydrogen-bond acceptors (Lipinski definition) is 3. The molecular formula is C15H14FN3O3. The predicted octanol–water partition coefficient (Wildman–Crippen LogP) is 1.85. The van der Waals surface area contributed by atoms with Crippen molar-refractivity contribution in [3.63, 3.8) is 0 Å². The fourth-order valence-electron chi connectivity index (χ4n) is 1.87. The Kier molecular flexibility index (Phi) is 5.02. The lowest BCUT2D eigenvalue weighted by molar-refractivity contribution is -0.123. The van der Waals surface area contributed by atoms with Crippen molar-refractivity contribution in [1.29, 1.82) is 0 Å². The summed E-state index contributed by atoms with van der Waals surface area (Å²) in [5.74, 6) is -0.994. The molecule has 0 bridgehead atoms. The van der Waals surface area contributed by atoms with Crippen LogP contribution >= 0.6 is 0 Å². The smallest absolute Gasteiger partial charge is 0.405 e. The number of hydrogen-bond donors (Lipinski definition) is 3. The molecule has 0 spiro atoms. The van der Waals surface area contributed by atoms with Crippen LogP contribution < -0.4 is 10.6 Å². The number of carboxylic acid groups (broad SMARTS) is 1. The van der Waals surface area contributed by atoms with Gasteiger partial charge < -0.3 is 15.7 Å². The van der Waals surface area contributed by atoms with E-state index in [1.807, 2.05) is 0 Å². The van der Waals surface area contributed by atoms with E-state index in [0.29, 0.717) is 5.56 Å². The van der Waals surface area contributed by atoms with Crippen molar-refractivity contribution >= 4 is 12.0 Å². The standard InChI is InChI=1S/C15H14FN3O3/c16-12-5-3-11(4-6-12)13(19-15(21)22)14(20)18-9-10-2-1-7-17-8-10/h1-8,13,19H,9H2,(H,18,20)(H,21,22)/t13-/m0/s1. The number of carbonyl (C=O) groups is 2. The SMILES string of the molecule is O=C(O)N[C@H](C(=O)NCc1cccnc1)c1ccc(F)cc1. The topological polar surface area (TPSA) is 91.3 Å². The highest BCUT2D eigenvalue weighted by atomic mass is 19.1. The molecule has 1 aromatic carbocycles. The highest BCUT2D eigenvalue weighted by Gasteiger charge is 2.22. The predicted molar refractivity (Wildman–Crippen MR) is 76.4 cm³/mol. The fraction of sp³-hybridized carbons (Fsp3) is 0.133. The molecule has 1 atom stereocenters. The second-order valence-corrected chi connectivity index (χ2v) is 4.51. The highest BCUT2D eigenvalue weighted by molar-refractivity contribution is 5.86. The average molecular weight is 303 g/mol. The quantitative estimate of drug-likeness (QED) is 0.786. The molecule has 0 aliphatic rings. The Bertz CT molecular complexity index is 647. The van der Waals surface area contributed by atoms with Gasteiger partial charge in [-0.05, 0) is 29.3 Å². The lowest BCUT2D eigenvalue weighted by atomic mass is 10.1. The summed E-state index contributed by atoms with van der Waals surface area (Å²) < 4.78 is 12.9. The molecule has 2 aromatic rings. The minimum absolute atomic E-state index is 0.214. The van der Waals surface area contributed by atoms with Crippen LogP contribution in [0.2, 0.25) is 0 Å². The van der Waals surface area contributed by atoms with E-state index in [9.17, 15) is 14.0 Å². The van der Waals surface area contributed by atoms with Gasteiger partial charge in [0.1, 0.15) is 11.9 Å². The zero-order valence-electron chi connectivity index (χ0n) is 11.5. The number of nitrogens with zero attached hydrogens (tertiary/aromatic N) is 1. The first-order chi connectivity index (χ1) is 10.6. The van der Waals surface area contributed by atoms with Gasteiger partial charge in [-0.1, -0.05) is 18.2 Å². The van der Waals surface area contributed by atoms with Crippen molar-refractivity contribution < 1.29 is 19.1 Å². The third-order valence-electron chi connectivity index (χ3n) is 2.92. The van der Waals surface area contributed by atoms with E-state index < -0.39 is 23.9 Å². The molecule has 114 valence electrons. The van der Waals surface area contributed by atoms with Gasteiger partial charge in [0.15, 0.2) is 0 Å². The molecule has 6 nitrogen and oxygen atoms in total. The second kappa shape index (κ2) is 7.16. The number of amides is 2. The average Bonchev–Trinajstić information content (AvgIpc) is 2.52. The Hall–Kier alpha value is -2.96. The Morgan fingerprint density at radius 2 is 1.95 bits per heavy atom. The third-order valence-corrected chi connectivity index (χ3v) is 2.92. The summed E-state index contributed by atoms with van der Waals surface area (Å²) in [5, 5.41) is 13.6. The summed E-state index contributed by atoms with van der Waals surface area (Å²) in [4.78, 5) is 27.0. The number of nitrogens with one attached hydrogen (secondary N) is 2. The maximum atomic E-state index is 12.9. The monoisotopic (exact) mass is 303 g/mol. The number of carbonyl (C=O) groups excluding carboxylic acids is 1. The van der Waals surface area contributed by atoms with Crippen molar-refractivity contribution in [2.45, 2.75) is 12.6 Å². The van der Waals surface area contributed by atoms with Gasteiger partial charge in [0.2, 0.25) is 5.91 Å². The van der Waals surface area contributed by atoms with E-state index in [-0.39, 0.29) is 6.54 Å². The van der Waals surface area contributed by atoms with Gasteiger partial charge in [0, 0.05) is 18.9 Å². The number of benzene rings is 1. The minimum Gasteiger partial charge on any atom is -0.465 e. The molecule has 2 rings (SSSR count). The van der Waals surface area contributed by atoms with Crippen LogP contribution in [0.25, 0.3) is 0 Å². The van der Waals surface area contributed by atoms with E-state index in [1.165, 1.54) is 24.3 Å². The van der Waals surface area contributed by atoms with E-state index in [1.54, 1.807) is 24.5 Å². The first-order valence-electron chi connectivity index (χ1n) is 6.48. The molecular weight excluding hydrogens is 289 g/mol. The van der Waals surface area contributed by atoms with Crippen molar-refractivity contribution in [3.8, 4) is 0 Å².